The number of aromatic nitrogens is 4. The molecule has 1 aliphatic rings. The number of amides is 1. The van der Waals surface area contributed by atoms with Crippen LogP contribution >= 0.6 is 0 Å². The van der Waals surface area contributed by atoms with E-state index in [2.05, 4.69) is 20.2 Å². The number of carbonyl (C=O) groups is 1. The Bertz CT molecular complexity index is 1150. The molecular formula is C17H16N6O3S. The summed E-state index contributed by atoms with van der Waals surface area (Å²) in [4.78, 5) is 13.4. The van der Waals surface area contributed by atoms with E-state index in [0.717, 1.165) is 5.69 Å². The molecule has 1 aromatic heterocycles. The lowest BCUT2D eigenvalue weighted by molar-refractivity contribution is -0.117. The van der Waals surface area contributed by atoms with Gasteiger partial charge >= 0.3 is 0 Å². The molecule has 3 aromatic rings. The van der Waals surface area contributed by atoms with Crippen LogP contribution in [0.5, 0.6) is 0 Å². The Morgan fingerprint density at radius 2 is 1.93 bits per heavy atom. The number of benzene rings is 2. The predicted molar refractivity (Wildman–Crippen MR) is 98.6 cm³/mol. The van der Waals surface area contributed by atoms with E-state index < -0.39 is 10.0 Å². The summed E-state index contributed by atoms with van der Waals surface area (Å²) in [6.07, 6.45) is 0.198. The normalized spacial score (nSPS) is 13.7. The summed E-state index contributed by atoms with van der Waals surface area (Å²) in [5, 5.41) is 11.3. The van der Waals surface area contributed by atoms with Crippen molar-refractivity contribution in [3.05, 3.63) is 48.0 Å². The maximum absolute atomic E-state index is 12.8. The predicted octanol–water partition coefficient (Wildman–Crippen LogP) is 1.20. The van der Waals surface area contributed by atoms with Gasteiger partial charge in [0.25, 0.3) is 10.0 Å². The Kier molecular flexibility index (Phi) is 3.92. The molecule has 27 heavy (non-hydrogen) atoms. The first-order valence-electron chi connectivity index (χ1n) is 8.10. The average molecular weight is 384 g/mol. The SMILES string of the molecule is CN1C(=O)Cc2cc(S(=O)(=O)Nc3cccc(-c4nnnn4C)c3)ccc21. The van der Waals surface area contributed by atoms with E-state index in [-0.39, 0.29) is 17.2 Å². The molecule has 2 aromatic carbocycles. The third-order valence-corrected chi connectivity index (χ3v) is 5.81. The van der Waals surface area contributed by atoms with Crippen LogP contribution in [-0.2, 0) is 28.3 Å². The maximum Gasteiger partial charge on any atom is 0.261 e. The Morgan fingerprint density at radius 1 is 1.11 bits per heavy atom. The fraction of sp³-hybridized carbons (Fsp3) is 0.176. The number of likely N-dealkylation sites (N-methyl/N-ethyl adjacent to an activating group) is 1. The summed E-state index contributed by atoms with van der Waals surface area (Å²) >= 11 is 0. The summed E-state index contributed by atoms with van der Waals surface area (Å²) in [6.45, 7) is 0. The number of anilines is 2. The van der Waals surface area contributed by atoms with E-state index in [1.54, 1.807) is 44.4 Å². The number of nitrogens with one attached hydrogen (secondary N) is 1. The number of sulfonamides is 1. The van der Waals surface area contributed by atoms with Crippen molar-refractivity contribution in [3.8, 4) is 11.4 Å². The molecule has 1 aliphatic heterocycles. The minimum absolute atomic E-state index is 0.0579. The molecule has 0 spiro atoms. The standard InChI is InChI=1S/C17H16N6O3S/c1-22-15-7-6-14(9-12(15)10-16(22)24)27(25,26)19-13-5-3-4-11(8-13)17-18-20-21-23(17)2/h3-9,19H,10H2,1-2H3. The molecule has 0 saturated heterocycles. The van der Waals surface area contributed by atoms with Crippen molar-refractivity contribution in [3.63, 3.8) is 0 Å². The number of tetrazole rings is 1. The maximum atomic E-state index is 12.8. The summed E-state index contributed by atoms with van der Waals surface area (Å²) in [7, 11) is -0.426. The third-order valence-electron chi connectivity index (χ3n) is 4.43. The van der Waals surface area contributed by atoms with Gasteiger partial charge in [0.2, 0.25) is 5.91 Å². The van der Waals surface area contributed by atoms with E-state index in [1.807, 2.05) is 0 Å². The van der Waals surface area contributed by atoms with Crippen LogP contribution in [0.15, 0.2) is 47.4 Å². The van der Waals surface area contributed by atoms with E-state index in [9.17, 15) is 13.2 Å². The van der Waals surface area contributed by atoms with Gasteiger partial charge in [-0.1, -0.05) is 12.1 Å². The van der Waals surface area contributed by atoms with Crippen molar-refractivity contribution >= 4 is 27.3 Å². The second-order valence-electron chi connectivity index (χ2n) is 6.23. The van der Waals surface area contributed by atoms with Crippen LogP contribution in [-0.4, -0.2) is 41.6 Å². The molecule has 0 unspecified atom stereocenters. The molecule has 0 bridgehead atoms. The molecule has 9 nitrogen and oxygen atoms in total. The molecule has 0 atom stereocenters. The first-order valence-corrected chi connectivity index (χ1v) is 9.58. The second-order valence-corrected chi connectivity index (χ2v) is 7.91. The van der Waals surface area contributed by atoms with Crippen LogP contribution in [0.4, 0.5) is 11.4 Å². The molecule has 0 radical (unpaired) electrons. The average Bonchev–Trinajstić information content (AvgIpc) is 3.18. The van der Waals surface area contributed by atoms with Crippen molar-refractivity contribution in [2.75, 3.05) is 16.7 Å². The van der Waals surface area contributed by atoms with Crippen LogP contribution in [0.1, 0.15) is 5.56 Å². The van der Waals surface area contributed by atoms with E-state index in [1.165, 1.54) is 21.7 Å². The van der Waals surface area contributed by atoms with Gasteiger partial charge in [0.15, 0.2) is 5.82 Å². The minimum Gasteiger partial charge on any atom is -0.315 e. The quantitative estimate of drug-likeness (QED) is 0.724. The van der Waals surface area contributed by atoms with Gasteiger partial charge in [0.1, 0.15) is 0 Å². The molecule has 2 heterocycles. The number of hydrogen-bond donors (Lipinski definition) is 1. The van der Waals surface area contributed by atoms with Crippen molar-refractivity contribution < 1.29 is 13.2 Å². The molecule has 4 rings (SSSR count). The van der Waals surface area contributed by atoms with E-state index in [0.29, 0.717) is 22.6 Å². The van der Waals surface area contributed by atoms with Crippen LogP contribution in [0.25, 0.3) is 11.4 Å². The van der Waals surface area contributed by atoms with E-state index in [4.69, 9.17) is 0 Å². The van der Waals surface area contributed by atoms with Gasteiger partial charge in [-0.2, -0.15) is 0 Å². The first kappa shape index (κ1) is 17.2. The van der Waals surface area contributed by atoms with Crippen LogP contribution in [0.3, 0.4) is 0 Å². The number of fused-ring (bicyclic) bond motifs is 1. The minimum atomic E-state index is -3.80. The summed E-state index contributed by atoms with van der Waals surface area (Å²) in [5.41, 5.74) is 2.51. The number of nitrogens with zero attached hydrogens (tertiary/aromatic N) is 5. The monoisotopic (exact) mass is 384 g/mol. The zero-order chi connectivity index (χ0) is 19.2. The molecule has 1 N–H and O–H groups in total. The van der Waals surface area contributed by atoms with Crippen molar-refractivity contribution in [1.82, 2.24) is 20.2 Å². The highest BCUT2D eigenvalue weighted by molar-refractivity contribution is 7.92. The highest BCUT2D eigenvalue weighted by Gasteiger charge is 2.26. The fourth-order valence-electron chi connectivity index (χ4n) is 3.02. The third kappa shape index (κ3) is 3.04. The van der Waals surface area contributed by atoms with Crippen molar-refractivity contribution in [1.29, 1.82) is 0 Å². The van der Waals surface area contributed by atoms with Gasteiger partial charge in [0.05, 0.1) is 11.3 Å². The number of rotatable bonds is 4. The molecule has 1 amide bonds. The molecule has 138 valence electrons. The molecule has 0 aliphatic carbocycles. The molecule has 0 fully saturated rings. The van der Waals surface area contributed by atoms with Crippen LogP contribution in [0.2, 0.25) is 0 Å². The van der Waals surface area contributed by atoms with Crippen LogP contribution in [0, 0.1) is 0 Å². The molecule has 10 heteroatoms. The second kappa shape index (κ2) is 6.16. The topological polar surface area (TPSA) is 110 Å². The summed E-state index contributed by atoms with van der Waals surface area (Å²) < 4.78 is 29.6. The van der Waals surface area contributed by atoms with Crippen molar-refractivity contribution in [2.24, 2.45) is 7.05 Å². The van der Waals surface area contributed by atoms with E-state index >= 15 is 0 Å². The fourth-order valence-corrected chi connectivity index (χ4v) is 4.12. The zero-order valence-electron chi connectivity index (χ0n) is 14.6. The highest BCUT2D eigenvalue weighted by Crippen LogP contribution is 2.30. The number of carbonyl (C=O) groups excluding carboxylic acids is 1. The Balaban J connectivity index is 1.64. The van der Waals surface area contributed by atoms with Gasteiger partial charge < -0.3 is 4.90 Å². The first-order chi connectivity index (χ1) is 12.8. The van der Waals surface area contributed by atoms with Gasteiger partial charge in [0, 0.05) is 31.0 Å². The van der Waals surface area contributed by atoms with Gasteiger partial charge in [-0.15, -0.1) is 5.10 Å². The lowest BCUT2D eigenvalue weighted by atomic mass is 10.2. The number of aryl methyl sites for hydroxylation is 1. The Hall–Kier alpha value is -3.27. The van der Waals surface area contributed by atoms with Gasteiger partial charge in [-0.3, -0.25) is 9.52 Å². The molecular weight excluding hydrogens is 368 g/mol. The summed E-state index contributed by atoms with van der Waals surface area (Å²) in [6, 6.07) is 11.5. The lowest BCUT2D eigenvalue weighted by Crippen LogP contribution is -2.20. The largest absolute Gasteiger partial charge is 0.315 e. The Morgan fingerprint density at radius 3 is 2.67 bits per heavy atom. The zero-order valence-corrected chi connectivity index (χ0v) is 15.4. The smallest absolute Gasteiger partial charge is 0.261 e. The molecule has 0 saturated carbocycles. The highest BCUT2D eigenvalue weighted by atomic mass is 32.2. The van der Waals surface area contributed by atoms with Crippen LogP contribution < -0.4 is 9.62 Å². The Labute approximate surface area is 155 Å². The van der Waals surface area contributed by atoms with Gasteiger partial charge in [-0.05, 0) is 46.3 Å². The van der Waals surface area contributed by atoms with Gasteiger partial charge in [-0.25, -0.2) is 13.1 Å². The lowest BCUT2D eigenvalue weighted by Gasteiger charge is -2.12. The summed E-state index contributed by atoms with van der Waals surface area (Å²) in [5.74, 6) is 0.465. The van der Waals surface area contributed by atoms with Crippen molar-refractivity contribution in [2.45, 2.75) is 11.3 Å². The number of hydrogen-bond acceptors (Lipinski definition) is 6.